The van der Waals surface area contributed by atoms with Crippen molar-refractivity contribution >= 4 is 39.7 Å². The molecule has 6 nitrogen and oxygen atoms in total. The summed E-state index contributed by atoms with van der Waals surface area (Å²) in [5.74, 6) is 0.430. The lowest BCUT2D eigenvalue weighted by atomic mass is 10.2. The summed E-state index contributed by atoms with van der Waals surface area (Å²) < 4.78 is 1.32. The maximum Gasteiger partial charge on any atom is 0.275 e. The van der Waals surface area contributed by atoms with Gasteiger partial charge in [0.2, 0.25) is 10.9 Å². The monoisotopic (exact) mass is 374 g/mol. The predicted molar refractivity (Wildman–Crippen MR) is 101 cm³/mol. The highest BCUT2D eigenvalue weighted by molar-refractivity contribution is 7.98. The van der Waals surface area contributed by atoms with Crippen LogP contribution >= 0.6 is 23.1 Å². The van der Waals surface area contributed by atoms with E-state index in [2.05, 4.69) is 15.4 Å². The van der Waals surface area contributed by atoms with Crippen LogP contribution in [0.5, 0.6) is 0 Å². The second-order valence-corrected chi connectivity index (χ2v) is 8.01. The molecule has 0 unspecified atom stereocenters. The fourth-order valence-electron chi connectivity index (χ4n) is 2.15. The number of aryl methyl sites for hydroxylation is 1. The number of thioether (sulfide) groups is 1. The van der Waals surface area contributed by atoms with Crippen LogP contribution < -0.4 is 10.9 Å². The van der Waals surface area contributed by atoms with Gasteiger partial charge in [0.05, 0.1) is 11.4 Å². The molecular weight excluding hydrogens is 356 g/mol. The highest BCUT2D eigenvalue weighted by atomic mass is 32.2. The number of rotatable bonds is 5. The summed E-state index contributed by atoms with van der Waals surface area (Å²) in [6.07, 6.45) is 0. The van der Waals surface area contributed by atoms with E-state index in [1.807, 2.05) is 45.0 Å². The SMILES string of the molecule is Cc1nn2c(=O)cc(CSc3ccccc3NC(=O)C(C)C)nc2s1. The molecule has 1 amide bonds. The first-order valence-electron chi connectivity index (χ1n) is 7.83. The smallest absolute Gasteiger partial charge is 0.275 e. The van der Waals surface area contributed by atoms with Gasteiger partial charge in [-0.2, -0.15) is 9.61 Å². The Morgan fingerprint density at radius 3 is 2.88 bits per heavy atom. The van der Waals surface area contributed by atoms with Gasteiger partial charge in [0.15, 0.2) is 0 Å². The molecule has 3 aromatic rings. The molecule has 130 valence electrons. The van der Waals surface area contributed by atoms with Gasteiger partial charge in [-0.1, -0.05) is 37.3 Å². The van der Waals surface area contributed by atoms with Gasteiger partial charge in [0.25, 0.3) is 5.56 Å². The molecule has 0 atom stereocenters. The Morgan fingerprint density at radius 1 is 1.36 bits per heavy atom. The lowest BCUT2D eigenvalue weighted by Crippen LogP contribution is -2.18. The number of fused-ring (bicyclic) bond motifs is 1. The molecule has 0 radical (unpaired) electrons. The van der Waals surface area contributed by atoms with Crippen LogP contribution in [-0.4, -0.2) is 20.5 Å². The van der Waals surface area contributed by atoms with E-state index in [0.29, 0.717) is 16.4 Å². The zero-order valence-electron chi connectivity index (χ0n) is 14.1. The van der Waals surface area contributed by atoms with Crippen molar-refractivity contribution in [2.24, 2.45) is 5.92 Å². The van der Waals surface area contributed by atoms with E-state index >= 15 is 0 Å². The zero-order chi connectivity index (χ0) is 18.0. The fourth-order valence-corrected chi connectivity index (χ4v) is 3.82. The summed E-state index contributed by atoms with van der Waals surface area (Å²) in [5, 5.41) is 7.88. The van der Waals surface area contributed by atoms with E-state index in [1.54, 1.807) is 0 Å². The molecule has 0 saturated carbocycles. The average Bonchev–Trinajstić information content (AvgIpc) is 2.95. The van der Waals surface area contributed by atoms with Crippen LogP contribution in [0.2, 0.25) is 0 Å². The molecule has 2 aromatic heterocycles. The summed E-state index contributed by atoms with van der Waals surface area (Å²) in [6.45, 7) is 5.56. The quantitative estimate of drug-likeness (QED) is 0.693. The molecule has 3 rings (SSSR count). The first kappa shape index (κ1) is 17.6. The molecule has 0 spiro atoms. The number of benzene rings is 1. The molecule has 8 heteroatoms. The topological polar surface area (TPSA) is 76.4 Å². The minimum absolute atomic E-state index is 0.0222. The van der Waals surface area contributed by atoms with Crippen LogP contribution in [0.25, 0.3) is 4.96 Å². The molecule has 1 aromatic carbocycles. The minimum atomic E-state index is -0.175. The molecule has 0 saturated heterocycles. The molecular formula is C17H18N4O2S2. The Bertz CT molecular complexity index is 978. The van der Waals surface area contributed by atoms with Crippen LogP contribution in [0.3, 0.4) is 0 Å². The summed E-state index contributed by atoms with van der Waals surface area (Å²) in [5.41, 5.74) is 1.30. The normalized spacial score (nSPS) is 11.2. The second kappa shape index (κ2) is 7.37. The van der Waals surface area contributed by atoms with E-state index in [4.69, 9.17) is 0 Å². The van der Waals surface area contributed by atoms with Gasteiger partial charge < -0.3 is 5.32 Å². The molecule has 0 aliphatic carbocycles. The van der Waals surface area contributed by atoms with Crippen molar-refractivity contribution in [3.8, 4) is 0 Å². The second-order valence-electron chi connectivity index (χ2n) is 5.83. The summed E-state index contributed by atoms with van der Waals surface area (Å²) in [7, 11) is 0. The van der Waals surface area contributed by atoms with E-state index < -0.39 is 0 Å². The van der Waals surface area contributed by atoms with Crippen molar-refractivity contribution in [2.75, 3.05) is 5.32 Å². The number of para-hydroxylation sites is 1. The molecule has 0 bridgehead atoms. The van der Waals surface area contributed by atoms with E-state index in [0.717, 1.165) is 15.6 Å². The Hall–Kier alpha value is -2.19. The van der Waals surface area contributed by atoms with Crippen molar-refractivity contribution in [3.63, 3.8) is 0 Å². The van der Waals surface area contributed by atoms with Crippen molar-refractivity contribution < 1.29 is 4.79 Å². The number of hydrogen-bond donors (Lipinski definition) is 1. The molecule has 0 aliphatic rings. The maximum atomic E-state index is 12.1. The first-order chi connectivity index (χ1) is 11.9. The number of aromatic nitrogens is 3. The van der Waals surface area contributed by atoms with Crippen molar-refractivity contribution in [1.82, 2.24) is 14.6 Å². The van der Waals surface area contributed by atoms with Gasteiger partial charge >= 0.3 is 0 Å². The summed E-state index contributed by atoms with van der Waals surface area (Å²) in [6, 6.07) is 9.14. The number of anilines is 1. The zero-order valence-corrected chi connectivity index (χ0v) is 15.8. The number of nitrogens with zero attached hydrogens (tertiary/aromatic N) is 3. The molecule has 0 fully saturated rings. The van der Waals surface area contributed by atoms with Gasteiger partial charge in [0, 0.05) is 22.6 Å². The number of carbonyl (C=O) groups excluding carboxylic acids is 1. The average molecular weight is 374 g/mol. The van der Waals surface area contributed by atoms with Gasteiger partial charge in [-0.05, 0) is 19.1 Å². The van der Waals surface area contributed by atoms with E-state index in [1.165, 1.54) is 33.7 Å². The molecule has 2 heterocycles. The van der Waals surface area contributed by atoms with Gasteiger partial charge in [-0.3, -0.25) is 9.59 Å². The van der Waals surface area contributed by atoms with Crippen molar-refractivity contribution in [3.05, 3.63) is 51.4 Å². The lowest BCUT2D eigenvalue weighted by molar-refractivity contribution is -0.118. The third-order valence-corrected chi connectivity index (χ3v) is 5.37. The van der Waals surface area contributed by atoms with Crippen LogP contribution in [0, 0.1) is 12.8 Å². The molecule has 1 N–H and O–H groups in total. The number of carbonyl (C=O) groups is 1. The third-order valence-electron chi connectivity index (χ3n) is 3.44. The Morgan fingerprint density at radius 2 is 2.12 bits per heavy atom. The number of amides is 1. The fraction of sp³-hybridized carbons (Fsp3) is 0.294. The number of nitrogens with one attached hydrogen (secondary N) is 1. The Balaban J connectivity index is 1.80. The van der Waals surface area contributed by atoms with E-state index in [-0.39, 0.29) is 17.4 Å². The summed E-state index contributed by atoms with van der Waals surface area (Å²) in [4.78, 5) is 30.1. The number of hydrogen-bond acceptors (Lipinski definition) is 6. The summed E-state index contributed by atoms with van der Waals surface area (Å²) >= 11 is 2.93. The Kier molecular flexibility index (Phi) is 5.19. The van der Waals surface area contributed by atoms with Gasteiger partial charge in [-0.25, -0.2) is 4.98 Å². The van der Waals surface area contributed by atoms with Crippen LogP contribution in [0.1, 0.15) is 24.5 Å². The van der Waals surface area contributed by atoms with Gasteiger partial charge in [0.1, 0.15) is 5.01 Å². The lowest BCUT2D eigenvalue weighted by Gasteiger charge is -2.12. The molecule has 0 aliphatic heterocycles. The minimum Gasteiger partial charge on any atom is -0.325 e. The highest BCUT2D eigenvalue weighted by Gasteiger charge is 2.12. The molecule has 25 heavy (non-hydrogen) atoms. The maximum absolute atomic E-state index is 12.1. The standard InChI is InChI=1S/C17H18N4O2S2/c1-10(2)16(23)19-13-6-4-5-7-14(13)24-9-12-8-15(22)21-17(18-12)25-11(3)20-21/h4-8,10H,9H2,1-3H3,(H,19,23). The van der Waals surface area contributed by atoms with Crippen LogP contribution in [0.4, 0.5) is 5.69 Å². The predicted octanol–water partition coefficient (Wildman–Crippen LogP) is 3.35. The largest absolute Gasteiger partial charge is 0.325 e. The van der Waals surface area contributed by atoms with E-state index in [9.17, 15) is 9.59 Å². The van der Waals surface area contributed by atoms with Crippen LogP contribution in [-0.2, 0) is 10.5 Å². The highest BCUT2D eigenvalue weighted by Crippen LogP contribution is 2.29. The third kappa shape index (κ3) is 4.08. The van der Waals surface area contributed by atoms with Crippen molar-refractivity contribution in [1.29, 1.82) is 0 Å². The first-order valence-corrected chi connectivity index (χ1v) is 9.63. The Labute approximate surface area is 153 Å². The van der Waals surface area contributed by atoms with Gasteiger partial charge in [-0.15, -0.1) is 11.8 Å². The van der Waals surface area contributed by atoms with Crippen LogP contribution in [0.15, 0.2) is 40.0 Å². The van der Waals surface area contributed by atoms with Crippen molar-refractivity contribution in [2.45, 2.75) is 31.4 Å².